The van der Waals surface area contributed by atoms with Gasteiger partial charge in [-0.05, 0) is 38.8 Å². The Morgan fingerprint density at radius 3 is 2.85 bits per heavy atom. The van der Waals surface area contributed by atoms with Gasteiger partial charge in [-0.25, -0.2) is 0 Å². The smallest absolute Gasteiger partial charge is 0.0675 e. The highest BCUT2D eigenvalue weighted by atomic mass is 15.3. The molecule has 106 valence electrons. The minimum atomic E-state index is 0.575. The summed E-state index contributed by atoms with van der Waals surface area (Å²) < 4.78 is 2.09. The van der Waals surface area contributed by atoms with Crippen molar-refractivity contribution < 1.29 is 0 Å². The van der Waals surface area contributed by atoms with Crippen molar-refractivity contribution in [2.75, 3.05) is 13.1 Å². The van der Waals surface area contributed by atoms with Gasteiger partial charge in [0.15, 0.2) is 0 Å². The monoisotopic (exact) mass is 269 g/mol. The summed E-state index contributed by atoms with van der Waals surface area (Å²) in [5.74, 6) is 0.575. The Morgan fingerprint density at radius 2 is 2.15 bits per heavy atom. The number of nitrogens with zero attached hydrogens (tertiary/aromatic N) is 2. The molecule has 0 amide bonds. The molecule has 3 heteroatoms. The Balaban J connectivity index is 2.10. The third kappa shape index (κ3) is 2.38. The van der Waals surface area contributed by atoms with E-state index in [1.807, 2.05) is 0 Å². The normalized spacial score (nSPS) is 19.2. The largest absolute Gasteiger partial charge is 0.316 e. The number of piperidine rings is 1. The molecule has 3 nitrogen and oxygen atoms in total. The van der Waals surface area contributed by atoms with Crippen molar-refractivity contribution in [3.05, 3.63) is 41.2 Å². The van der Waals surface area contributed by atoms with Crippen molar-refractivity contribution in [2.45, 2.75) is 32.6 Å². The molecule has 1 saturated heterocycles. The first-order chi connectivity index (χ1) is 9.66. The molecular formula is C17H23N3. The Bertz CT molecular complexity index is 607. The quantitative estimate of drug-likeness (QED) is 0.907. The Morgan fingerprint density at radius 1 is 1.30 bits per heavy atom. The highest BCUT2D eigenvalue weighted by Gasteiger charge is 2.24. The zero-order valence-corrected chi connectivity index (χ0v) is 12.6. The fourth-order valence-corrected chi connectivity index (χ4v) is 3.39. The van der Waals surface area contributed by atoms with Crippen LogP contribution in [0.25, 0.3) is 11.1 Å². The Labute approximate surface area is 121 Å². The second kappa shape index (κ2) is 5.41. The second-order valence-electron chi connectivity index (χ2n) is 5.88. The second-order valence-corrected chi connectivity index (χ2v) is 5.88. The van der Waals surface area contributed by atoms with Crippen LogP contribution in [0.1, 0.15) is 35.7 Å². The number of nitrogens with one attached hydrogen (secondary N) is 1. The van der Waals surface area contributed by atoms with Gasteiger partial charge in [0, 0.05) is 25.1 Å². The lowest BCUT2D eigenvalue weighted by Gasteiger charge is -2.24. The molecule has 1 N–H and O–H groups in total. The Kier molecular flexibility index (Phi) is 3.62. The van der Waals surface area contributed by atoms with Gasteiger partial charge in [-0.1, -0.05) is 29.8 Å². The zero-order chi connectivity index (χ0) is 14.1. The molecule has 0 bridgehead atoms. The van der Waals surface area contributed by atoms with Gasteiger partial charge in [0.1, 0.15) is 0 Å². The molecule has 0 saturated carbocycles. The van der Waals surface area contributed by atoms with E-state index < -0.39 is 0 Å². The first-order valence-corrected chi connectivity index (χ1v) is 7.48. The van der Waals surface area contributed by atoms with Crippen molar-refractivity contribution in [2.24, 2.45) is 7.05 Å². The van der Waals surface area contributed by atoms with E-state index in [9.17, 15) is 0 Å². The predicted octanol–water partition coefficient (Wildman–Crippen LogP) is 3.17. The number of rotatable bonds is 2. The van der Waals surface area contributed by atoms with Gasteiger partial charge in [0.05, 0.1) is 11.4 Å². The molecule has 1 aliphatic heterocycles. The van der Waals surface area contributed by atoms with E-state index in [1.54, 1.807) is 0 Å². The van der Waals surface area contributed by atoms with E-state index in [0.29, 0.717) is 5.92 Å². The summed E-state index contributed by atoms with van der Waals surface area (Å²) >= 11 is 0. The van der Waals surface area contributed by atoms with Gasteiger partial charge in [0.25, 0.3) is 0 Å². The fraction of sp³-hybridized carbons (Fsp3) is 0.471. The van der Waals surface area contributed by atoms with Crippen molar-refractivity contribution in [3.63, 3.8) is 0 Å². The lowest BCUT2D eigenvalue weighted by molar-refractivity contribution is 0.442. The SMILES string of the molecule is Cc1cccc(-c2c(C)nn(C)c2C2CCCNC2)c1. The summed E-state index contributed by atoms with van der Waals surface area (Å²) in [7, 11) is 2.08. The molecule has 1 aromatic heterocycles. The summed E-state index contributed by atoms with van der Waals surface area (Å²) in [6.07, 6.45) is 2.51. The number of hydrogen-bond donors (Lipinski definition) is 1. The van der Waals surface area contributed by atoms with E-state index in [2.05, 4.69) is 60.3 Å². The van der Waals surface area contributed by atoms with E-state index in [-0.39, 0.29) is 0 Å². The number of hydrogen-bond acceptors (Lipinski definition) is 2. The molecule has 1 aliphatic rings. The van der Waals surface area contributed by atoms with Crippen LogP contribution in [0, 0.1) is 13.8 Å². The molecule has 0 radical (unpaired) electrons. The first-order valence-electron chi connectivity index (χ1n) is 7.48. The topological polar surface area (TPSA) is 29.9 Å². The first kappa shape index (κ1) is 13.4. The van der Waals surface area contributed by atoms with Crippen LogP contribution in [0.5, 0.6) is 0 Å². The molecule has 1 unspecified atom stereocenters. The molecule has 1 aromatic carbocycles. The van der Waals surface area contributed by atoms with Gasteiger partial charge in [-0.2, -0.15) is 5.10 Å². The number of aromatic nitrogens is 2. The van der Waals surface area contributed by atoms with Crippen LogP contribution in [0.3, 0.4) is 0 Å². The summed E-state index contributed by atoms with van der Waals surface area (Å²) in [6, 6.07) is 8.76. The summed E-state index contributed by atoms with van der Waals surface area (Å²) in [5.41, 5.74) is 6.47. The highest BCUT2D eigenvalue weighted by molar-refractivity contribution is 5.70. The average Bonchev–Trinajstić information content (AvgIpc) is 2.74. The van der Waals surface area contributed by atoms with Crippen LogP contribution in [-0.4, -0.2) is 22.9 Å². The molecular weight excluding hydrogens is 246 g/mol. The van der Waals surface area contributed by atoms with Crippen LogP contribution >= 0.6 is 0 Å². The molecule has 3 rings (SSSR count). The average molecular weight is 269 g/mol. The van der Waals surface area contributed by atoms with E-state index >= 15 is 0 Å². The molecule has 0 aliphatic carbocycles. The minimum Gasteiger partial charge on any atom is -0.316 e. The molecule has 0 spiro atoms. The fourth-order valence-electron chi connectivity index (χ4n) is 3.39. The molecule has 2 aromatic rings. The maximum absolute atomic E-state index is 4.68. The highest BCUT2D eigenvalue weighted by Crippen LogP contribution is 2.35. The lowest BCUT2D eigenvalue weighted by atomic mass is 9.90. The van der Waals surface area contributed by atoms with Crippen LogP contribution in [0.4, 0.5) is 0 Å². The van der Waals surface area contributed by atoms with E-state index in [1.165, 1.54) is 35.2 Å². The van der Waals surface area contributed by atoms with Crippen molar-refractivity contribution in [1.29, 1.82) is 0 Å². The summed E-state index contributed by atoms with van der Waals surface area (Å²) in [4.78, 5) is 0. The van der Waals surface area contributed by atoms with Crippen molar-refractivity contribution >= 4 is 0 Å². The van der Waals surface area contributed by atoms with Crippen LogP contribution < -0.4 is 5.32 Å². The number of benzene rings is 1. The van der Waals surface area contributed by atoms with E-state index in [0.717, 1.165) is 18.8 Å². The zero-order valence-electron chi connectivity index (χ0n) is 12.6. The summed E-state index contributed by atoms with van der Waals surface area (Å²) in [6.45, 7) is 6.49. The van der Waals surface area contributed by atoms with Gasteiger partial charge in [-0.15, -0.1) is 0 Å². The molecule has 2 heterocycles. The van der Waals surface area contributed by atoms with Gasteiger partial charge in [-0.3, -0.25) is 4.68 Å². The molecule has 20 heavy (non-hydrogen) atoms. The van der Waals surface area contributed by atoms with Gasteiger partial charge < -0.3 is 5.32 Å². The van der Waals surface area contributed by atoms with Gasteiger partial charge in [0.2, 0.25) is 0 Å². The third-order valence-corrected chi connectivity index (χ3v) is 4.26. The van der Waals surface area contributed by atoms with Crippen LogP contribution in [-0.2, 0) is 7.05 Å². The maximum atomic E-state index is 4.68. The lowest BCUT2D eigenvalue weighted by Crippen LogP contribution is -2.29. The van der Waals surface area contributed by atoms with Crippen molar-refractivity contribution in [1.82, 2.24) is 15.1 Å². The van der Waals surface area contributed by atoms with Crippen LogP contribution in [0.15, 0.2) is 24.3 Å². The number of aryl methyl sites for hydroxylation is 3. The minimum absolute atomic E-state index is 0.575. The Hall–Kier alpha value is -1.61. The third-order valence-electron chi connectivity index (χ3n) is 4.26. The van der Waals surface area contributed by atoms with E-state index in [4.69, 9.17) is 0 Å². The summed E-state index contributed by atoms with van der Waals surface area (Å²) in [5, 5.41) is 8.20. The van der Waals surface area contributed by atoms with Crippen molar-refractivity contribution in [3.8, 4) is 11.1 Å². The van der Waals surface area contributed by atoms with Gasteiger partial charge >= 0.3 is 0 Å². The standard InChI is InChI=1S/C17H23N3/c1-12-6-4-7-14(10-12)16-13(2)19-20(3)17(16)15-8-5-9-18-11-15/h4,6-7,10,15,18H,5,8-9,11H2,1-3H3. The molecule has 1 atom stereocenters. The molecule has 1 fully saturated rings. The maximum Gasteiger partial charge on any atom is 0.0675 e. The van der Waals surface area contributed by atoms with Crippen LogP contribution in [0.2, 0.25) is 0 Å². The predicted molar refractivity (Wildman–Crippen MR) is 83.0 cm³/mol.